The van der Waals surface area contributed by atoms with Gasteiger partial charge in [0, 0.05) is 0 Å². The molecule has 0 radical (unpaired) electrons. The lowest BCUT2D eigenvalue weighted by Crippen LogP contribution is -2.14. The average molecular weight is 194 g/mol. The number of hydrogen-bond donors (Lipinski definition) is 0. The van der Waals surface area contributed by atoms with Crippen LogP contribution in [0.2, 0.25) is 0 Å². The van der Waals surface area contributed by atoms with Crippen LogP contribution in [0.25, 0.3) is 0 Å². The molecule has 0 aliphatic heterocycles. The second-order valence-corrected chi connectivity index (χ2v) is 5.43. The van der Waals surface area contributed by atoms with Crippen molar-refractivity contribution in [3.05, 3.63) is 24.3 Å². The third-order valence-electron chi connectivity index (χ3n) is 2.75. The Hall–Kier alpha value is -0.520. The molecule has 0 bridgehead atoms. The Balaban J connectivity index is 4.20. The van der Waals surface area contributed by atoms with Crippen molar-refractivity contribution in [2.75, 3.05) is 0 Å². The van der Waals surface area contributed by atoms with Crippen LogP contribution >= 0.6 is 0 Å². The Bertz CT molecular complexity index is 206. The van der Waals surface area contributed by atoms with Crippen LogP contribution in [0.1, 0.15) is 53.9 Å². The van der Waals surface area contributed by atoms with Gasteiger partial charge in [0.2, 0.25) is 0 Å². The summed E-state index contributed by atoms with van der Waals surface area (Å²) in [5, 5.41) is 0. The Kier molecular flexibility index (Phi) is 5.18. The van der Waals surface area contributed by atoms with Crippen LogP contribution in [-0.4, -0.2) is 0 Å². The molecule has 0 aromatic carbocycles. The highest BCUT2D eigenvalue weighted by Crippen LogP contribution is 2.34. The molecule has 14 heavy (non-hydrogen) atoms. The summed E-state index contributed by atoms with van der Waals surface area (Å²) in [6.07, 6.45) is 3.33. The van der Waals surface area contributed by atoms with Crippen LogP contribution in [0.3, 0.4) is 0 Å². The fraction of sp³-hybridized carbons (Fsp3) is 0.714. The largest absolute Gasteiger partial charge is 0.0999 e. The highest BCUT2D eigenvalue weighted by molar-refractivity contribution is 5.05. The molecular formula is C14H26. The molecule has 0 saturated heterocycles. The number of allylic oxidation sites excluding steroid dienone is 2. The molecule has 0 fully saturated rings. The SMILES string of the molecule is C=C(CC)CC(C)(C)CC(=C)C(C)C. The molecule has 0 saturated carbocycles. The zero-order valence-electron chi connectivity index (χ0n) is 10.6. The summed E-state index contributed by atoms with van der Waals surface area (Å²) in [6.45, 7) is 19.4. The van der Waals surface area contributed by atoms with Crippen LogP contribution in [0, 0.1) is 11.3 Å². The third-order valence-corrected chi connectivity index (χ3v) is 2.75. The van der Waals surface area contributed by atoms with Crippen molar-refractivity contribution in [2.24, 2.45) is 11.3 Å². The summed E-state index contributed by atoms with van der Waals surface area (Å²) >= 11 is 0. The Morgan fingerprint density at radius 2 is 1.64 bits per heavy atom. The molecular weight excluding hydrogens is 168 g/mol. The molecule has 0 aliphatic rings. The maximum atomic E-state index is 4.14. The van der Waals surface area contributed by atoms with Gasteiger partial charge in [0.25, 0.3) is 0 Å². The highest BCUT2D eigenvalue weighted by Gasteiger charge is 2.20. The van der Waals surface area contributed by atoms with Crippen molar-refractivity contribution in [3.8, 4) is 0 Å². The van der Waals surface area contributed by atoms with Gasteiger partial charge in [-0.3, -0.25) is 0 Å². The lowest BCUT2D eigenvalue weighted by molar-refractivity contribution is 0.345. The summed E-state index contributed by atoms with van der Waals surface area (Å²) in [5.74, 6) is 0.601. The van der Waals surface area contributed by atoms with Crippen LogP contribution < -0.4 is 0 Å². The van der Waals surface area contributed by atoms with E-state index in [0.717, 1.165) is 19.3 Å². The monoisotopic (exact) mass is 194 g/mol. The minimum atomic E-state index is 0.328. The molecule has 0 aromatic rings. The first-order valence-corrected chi connectivity index (χ1v) is 5.63. The number of hydrogen-bond acceptors (Lipinski definition) is 0. The summed E-state index contributed by atoms with van der Waals surface area (Å²) in [7, 11) is 0. The van der Waals surface area contributed by atoms with E-state index in [-0.39, 0.29) is 0 Å². The molecule has 0 N–H and O–H groups in total. The minimum absolute atomic E-state index is 0.328. The van der Waals surface area contributed by atoms with Gasteiger partial charge in [-0.1, -0.05) is 58.9 Å². The first-order chi connectivity index (χ1) is 6.28. The second-order valence-electron chi connectivity index (χ2n) is 5.43. The first-order valence-electron chi connectivity index (χ1n) is 5.63. The van der Waals surface area contributed by atoms with E-state index < -0.39 is 0 Å². The topological polar surface area (TPSA) is 0 Å². The predicted molar refractivity (Wildman–Crippen MR) is 66.4 cm³/mol. The molecule has 0 heteroatoms. The van der Waals surface area contributed by atoms with Gasteiger partial charge in [0.15, 0.2) is 0 Å². The lowest BCUT2D eigenvalue weighted by Gasteiger charge is -2.27. The maximum Gasteiger partial charge on any atom is -0.0263 e. The highest BCUT2D eigenvalue weighted by atomic mass is 14.3. The van der Waals surface area contributed by atoms with E-state index in [0.29, 0.717) is 11.3 Å². The summed E-state index contributed by atoms with van der Waals surface area (Å²) in [5.41, 5.74) is 3.04. The fourth-order valence-corrected chi connectivity index (χ4v) is 1.68. The van der Waals surface area contributed by atoms with E-state index in [9.17, 15) is 0 Å². The molecule has 0 spiro atoms. The normalized spacial score (nSPS) is 11.9. The first kappa shape index (κ1) is 13.5. The molecule has 0 aliphatic carbocycles. The Labute approximate surface area is 90.1 Å². The lowest BCUT2D eigenvalue weighted by atomic mass is 9.78. The quantitative estimate of drug-likeness (QED) is 0.524. The van der Waals surface area contributed by atoms with Crippen molar-refractivity contribution in [1.29, 1.82) is 0 Å². The van der Waals surface area contributed by atoms with E-state index in [1.165, 1.54) is 11.1 Å². The van der Waals surface area contributed by atoms with Crippen LogP contribution in [0.15, 0.2) is 24.3 Å². The Morgan fingerprint density at radius 3 is 2.00 bits per heavy atom. The number of rotatable bonds is 6. The van der Waals surface area contributed by atoms with Crippen molar-refractivity contribution < 1.29 is 0 Å². The zero-order chi connectivity index (χ0) is 11.4. The van der Waals surface area contributed by atoms with Crippen LogP contribution in [0.5, 0.6) is 0 Å². The van der Waals surface area contributed by atoms with Crippen molar-refractivity contribution >= 4 is 0 Å². The summed E-state index contributed by atoms with van der Waals surface area (Å²) in [6, 6.07) is 0. The van der Waals surface area contributed by atoms with E-state index in [1.54, 1.807) is 0 Å². The van der Waals surface area contributed by atoms with Gasteiger partial charge in [-0.25, -0.2) is 0 Å². The van der Waals surface area contributed by atoms with Gasteiger partial charge in [0.05, 0.1) is 0 Å². The second kappa shape index (κ2) is 5.38. The maximum absolute atomic E-state index is 4.14. The van der Waals surface area contributed by atoms with Crippen molar-refractivity contribution in [1.82, 2.24) is 0 Å². The van der Waals surface area contributed by atoms with Gasteiger partial charge >= 0.3 is 0 Å². The predicted octanol–water partition coefficient (Wildman–Crippen LogP) is 4.97. The smallest absolute Gasteiger partial charge is 0.0263 e. The average Bonchev–Trinajstić information content (AvgIpc) is 2.02. The van der Waals surface area contributed by atoms with Gasteiger partial charge in [-0.15, -0.1) is 0 Å². The van der Waals surface area contributed by atoms with Crippen LogP contribution in [-0.2, 0) is 0 Å². The molecule has 82 valence electrons. The standard InChI is InChI=1S/C14H26/c1-8-12(4)9-14(6,7)10-13(5)11(2)3/h11H,4-5,8-10H2,1-3,6-7H3. The zero-order valence-corrected chi connectivity index (χ0v) is 10.6. The van der Waals surface area contributed by atoms with Crippen molar-refractivity contribution in [2.45, 2.75) is 53.9 Å². The molecule has 0 amide bonds. The molecule has 0 aromatic heterocycles. The van der Waals surface area contributed by atoms with Gasteiger partial charge in [-0.05, 0) is 30.6 Å². The van der Waals surface area contributed by atoms with E-state index in [2.05, 4.69) is 47.8 Å². The van der Waals surface area contributed by atoms with Crippen LogP contribution in [0.4, 0.5) is 0 Å². The summed E-state index contributed by atoms with van der Waals surface area (Å²) in [4.78, 5) is 0. The molecule has 0 nitrogen and oxygen atoms in total. The third kappa shape index (κ3) is 5.26. The minimum Gasteiger partial charge on any atom is -0.0999 e. The summed E-state index contributed by atoms with van der Waals surface area (Å²) < 4.78 is 0. The molecule has 0 heterocycles. The van der Waals surface area contributed by atoms with Gasteiger partial charge in [-0.2, -0.15) is 0 Å². The molecule has 0 unspecified atom stereocenters. The van der Waals surface area contributed by atoms with Crippen molar-refractivity contribution in [3.63, 3.8) is 0 Å². The van der Waals surface area contributed by atoms with Gasteiger partial charge < -0.3 is 0 Å². The molecule has 0 rings (SSSR count). The van der Waals surface area contributed by atoms with E-state index >= 15 is 0 Å². The Morgan fingerprint density at radius 1 is 1.14 bits per heavy atom. The van der Waals surface area contributed by atoms with Gasteiger partial charge in [0.1, 0.15) is 0 Å². The van der Waals surface area contributed by atoms with E-state index in [4.69, 9.17) is 0 Å². The fourth-order valence-electron chi connectivity index (χ4n) is 1.68. The van der Waals surface area contributed by atoms with E-state index in [1.807, 2.05) is 0 Å². The molecule has 0 atom stereocenters.